The van der Waals surface area contributed by atoms with Crippen molar-refractivity contribution in [3.8, 4) is 5.75 Å². The third kappa shape index (κ3) is 5.42. The quantitative estimate of drug-likeness (QED) is 0.763. The number of rotatable bonds is 7. The van der Waals surface area contributed by atoms with Gasteiger partial charge in [0.25, 0.3) is 5.91 Å². The van der Waals surface area contributed by atoms with Crippen molar-refractivity contribution in [1.29, 1.82) is 0 Å². The molecule has 19 heavy (non-hydrogen) atoms. The first kappa shape index (κ1) is 15.0. The molecular weight excluding hydrogens is 246 g/mol. The fourth-order valence-electron chi connectivity index (χ4n) is 1.37. The Morgan fingerprint density at radius 2 is 1.84 bits per heavy atom. The lowest BCUT2D eigenvalue weighted by molar-refractivity contribution is -0.123. The maximum atomic E-state index is 11.4. The highest BCUT2D eigenvalue weighted by atomic mass is 16.5. The third-order valence-corrected chi connectivity index (χ3v) is 2.31. The molecule has 104 valence electrons. The van der Waals surface area contributed by atoms with Gasteiger partial charge in [-0.15, -0.1) is 0 Å². The molecular formula is C14H19NO4. The van der Waals surface area contributed by atoms with E-state index in [0.29, 0.717) is 24.5 Å². The van der Waals surface area contributed by atoms with Crippen molar-refractivity contribution < 1.29 is 19.1 Å². The van der Waals surface area contributed by atoms with E-state index in [1.165, 1.54) is 0 Å². The first-order valence-electron chi connectivity index (χ1n) is 6.34. The summed E-state index contributed by atoms with van der Waals surface area (Å²) in [5, 5.41) is 2.71. The molecule has 0 aliphatic rings. The van der Waals surface area contributed by atoms with E-state index in [0.717, 1.165) is 6.42 Å². The Labute approximate surface area is 112 Å². The van der Waals surface area contributed by atoms with Crippen LogP contribution < -0.4 is 10.1 Å². The number of carbonyl (C=O) groups is 2. The zero-order chi connectivity index (χ0) is 14.1. The van der Waals surface area contributed by atoms with Gasteiger partial charge >= 0.3 is 5.97 Å². The zero-order valence-corrected chi connectivity index (χ0v) is 11.3. The van der Waals surface area contributed by atoms with Crippen molar-refractivity contribution in [1.82, 2.24) is 5.32 Å². The van der Waals surface area contributed by atoms with Crippen LogP contribution in [0.2, 0.25) is 0 Å². The summed E-state index contributed by atoms with van der Waals surface area (Å²) in [6, 6.07) is 6.49. The molecule has 0 radical (unpaired) electrons. The average Bonchev–Trinajstić information content (AvgIpc) is 2.43. The van der Waals surface area contributed by atoms with Gasteiger partial charge in [-0.05, 0) is 37.6 Å². The zero-order valence-electron chi connectivity index (χ0n) is 11.3. The molecule has 1 N–H and O–H groups in total. The third-order valence-electron chi connectivity index (χ3n) is 2.31. The van der Waals surface area contributed by atoms with Crippen LogP contribution >= 0.6 is 0 Å². The number of amides is 1. The van der Waals surface area contributed by atoms with E-state index >= 15 is 0 Å². The van der Waals surface area contributed by atoms with Gasteiger partial charge in [-0.1, -0.05) is 6.92 Å². The predicted molar refractivity (Wildman–Crippen MR) is 71.2 cm³/mol. The molecule has 5 nitrogen and oxygen atoms in total. The Morgan fingerprint density at radius 3 is 2.42 bits per heavy atom. The van der Waals surface area contributed by atoms with E-state index in [2.05, 4.69) is 5.32 Å². The largest absolute Gasteiger partial charge is 0.484 e. The molecule has 0 spiro atoms. The molecule has 5 heteroatoms. The van der Waals surface area contributed by atoms with Crippen molar-refractivity contribution in [3.05, 3.63) is 29.8 Å². The molecule has 1 aromatic carbocycles. The van der Waals surface area contributed by atoms with E-state index in [-0.39, 0.29) is 18.5 Å². The first-order chi connectivity index (χ1) is 9.17. The van der Waals surface area contributed by atoms with E-state index in [1.807, 2.05) is 6.92 Å². The molecule has 1 rings (SSSR count). The second kappa shape index (κ2) is 8.13. The Balaban J connectivity index is 2.44. The Kier molecular flexibility index (Phi) is 6.43. The summed E-state index contributed by atoms with van der Waals surface area (Å²) < 4.78 is 10.2. The van der Waals surface area contributed by atoms with Crippen LogP contribution in [0.5, 0.6) is 5.75 Å². The van der Waals surface area contributed by atoms with Crippen molar-refractivity contribution in [3.63, 3.8) is 0 Å². The molecule has 1 aromatic rings. The number of ether oxygens (including phenoxy) is 2. The van der Waals surface area contributed by atoms with Crippen molar-refractivity contribution in [2.45, 2.75) is 20.3 Å². The monoisotopic (exact) mass is 265 g/mol. The number of hydrogen-bond donors (Lipinski definition) is 1. The predicted octanol–water partition coefficient (Wildman–Crippen LogP) is 1.77. The van der Waals surface area contributed by atoms with Gasteiger partial charge in [0.2, 0.25) is 0 Å². The summed E-state index contributed by atoms with van der Waals surface area (Å²) in [6.45, 7) is 4.69. The van der Waals surface area contributed by atoms with Gasteiger partial charge in [-0.3, -0.25) is 4.79 Å². The van der Waals surface area contributed by atoms with Crippen LogP contribution in [0, 0.1) is 0 Å². The Bertz CT molecular complexity index is 414. The van der Waals surface area contributed by atoms with Crippen LogP contribution in [0.25, 0.3) is 0 Å². The van der Waals surface area contributed by atoms with Crippen LogP contribution in [-0.2, 0) is 9.53 Å². The van der Waals surface area contributed by atoms with Crippen molar-refractivity contribution in [2.24, 2.45) is 0 Å². The second-order valence-electron chi connectivity index (χ2n) is 3.88. The molecule has 0 heterocycles. The lowest BCUT2D eigenvalue weighted by Gasteiger charge is -2.07. The van der Waals surface area contributed by atoms with Gasteiger partial charge < -0.3 is 14.8 Å². The van der Waals surface area contributed by atoms with Gasteiger partial charge in [0.1, 0.15) is 5.75 Å². The molecule has 1 amide bonds. The fraction of sp³-hybridized carbons (Fsp3) is 0.429. The number of carbonyl (C=O) groups excluding carboxylic acids is 2. The molecule has 0 fully saturated rings. The normalized spacial score (nSPS) is 9.79. The minimum absolute atomic E-state index is 0.0290. The summed E-state index contributed by atoms with van der Waals surface area (Å²) in [5.41, 5.74) is 0.463. The minimum Gasteiger partial charge on any atom is -0.484 e. The summed E-state index contributed by atoms with van der Waals surface area (Å²) in [7, 11) is 0. The molecule has 0 saturated heterocycles. The highest BCUT2D eigenvalue weighted by Crippen LogP contribution is 2.12. The molecule has 0 saturated carbocycles. The number of hydrogen-bond acceptors (Lipinski definition) is 4. The highest BCUT2D eigenvalue weighted by Gasteiger charge is 2.06. The maximum Gasteiger partial charge on any atom is 0.338 e. The van der Waals surface area contributed by atoms with E-state index < -0.39 is 0 Å². The number of nitrogens with one attached hydrogen (secondary N) is 1. The molecule has 0 aromatic heterocycles. The minimum atomic E-state index is -0.366. The van der Waals surface area contributed by atoms with Gasteiger partial charge in [0.15, 0.2) is 6.61 Å². The Morgan fingerprint density at radius 1 is 1.16 bits per heavy atom. The van der Waals surface area contributed by atoms with Gasteiger partial charge in [-0.25, -0.2) is 4.79 Å². The first-order valence-corrected chi connectivity index (χ1v) is 6.34. The van der Waals surface area contributed by atoms with Crippen molar-refractivity contribution in [2.75, 3.05) is 19.8 Å². The molecule has 0 atom stereocenters. The van der Waals surface area contributed by atoms with E-state index in [4.69, 9.17) is 9.47 Å². The molecule has 0 bridgehead atoms. The van der Waals surface area contributed by atoms with Crippen molar-refractivity contribution >= 4 is 11.9 Å². The topological polar surface area (TPSA) is 64.6 Å². The standard InChI is InChI=1S/C14H19NO4/c1-3-9-15-13(16)10-19-12-7-5-11(6-8-12)14(17)18-4-2/h5-8H,3-4,9-10H2,1-2H3,(H,15,16). The van der Waals surface area contributed by atoms with Crippen LogP contribution in [0.1, 0.15) is 30.6 Å². The summed E-state index contributed by atoms with van der Waals surface area (Å²) in [6.07, 6.45) is 0.889. The lowest BCUT2D eigenvalue weighted by Crippen LogP contribution is -2.29. The van der Waals surface area contributed by atoms with Crippen LogP contribution in [0.4, 0.5) is 0 Å². The van der Waals surface area contributed by atoms with E-state index in [1.54, 1.807) is 31.2 Å². The lowest BCUT2D eigenvalue weighted by atomic mass is 10.2. The molecule has 0 unspecified atom stereocenters. The summed E-state index contributed by atoms with van der Waals surface area (Å²) >= 11 is 0. The average molecular weight is 265 g/mol. The number of esters is 1. The Hall–Kier alpha value is -2.04. The fourth-order valence-corrected chi connectivity index (χ4v) is 1.37. The van der Waals surface area contributed by atoms with Crippen LogP contribution in [-0.4, -0.2) is 31.6 Å². The summed E-state index contributed by atoms with van der Waals surface area (Å²) in [4.78, 5) is 22.7. The second-order valence-corrected chi connectivity index (χ2v) is 3.88. The van der Waals surface area contributed by atoms with Gasteiger partial charge in [0, 0.05) is 6.54 Å². The molecule has 0 aliphatic carbocycles. The highest BCUT2D eigenvalue weighted by molar-refractivity contribution is 5.89. The number of benzene rings is 1. The van der Waals surface area contributed by atoms with E-state index in [9.17, 15) is 9.59 Å². The van der Waals surface area contributed by atoms with Crippen LogP contribution in [0.3, 0.4) is 0 Å². The maximum absolute atomic E-state index is 11.4. The van der Waals surface area contributed by atoms with Gasteiger partial charge in [-0.2, -0.15) is 0 Å². The van der Waals surface area contributed by atoms with Gasteiger partial charge in [0.05, 0.1) is 12.2 Å². The smallest absolute Gasteiger partial charge is 0.338 e. The molecule has 0 aliphatic heterocycles. The van der Waals surface area contributed by atoms with Crippen LogP contribution in [0.15, 0.2) is 24.3 Å². The summed E-state index contributed by atoms with van der Waals surface area (Å²) in [5.74, 6) is 0.0192. The SMILES string of the molecule is CCCNC(=O)COc1ccc(C(=O)OCC)cc1.